The molecule has 9 nitrogen and oxygen atoms in total. The number of aryl methyl sites for hydroxylation is 1. The van der Waals surface area contributed by atoms with Gasteiger partial charge in [0.15, 0.2) is 5.60 Å². The van der Waals surface area contributed by atoms with Crippen molar-refractivity contribution in [3.05, 3.63) is 60.6 Å². The molecule has 0 radical (unpaired) electrons. The molecule has 4 heterocycles. The summed E-state index contributed by atoms with van der Waals surface area (Å²) in [6.07, 6.45) is -0.278. The molecular formula is C26H23BrFN3O6. The molecule has 0 saturated carbocycles. The first-order valence-corrected chi connectivity index (χ1v) is 12.8. The van der Waals surface area contributed by atoms with Gasteiger partial charge < -0.3 is 24.8 Å². The maximum atomic E-state index is 14.9. The average molecular weight is 572 g/mol. The summed E-state index contributed by atoms with van der Waals surface area (Å²) in [5.74, 6) is -1.83. The highest BCUT2D eigenvalue weighted by atomic mass is 79.9. The van der Waals surface area contributed by atoms with E-state index in [-0.39, 0.29) is 30.7 Å². The molecule has 1 aromatic carbocycles. The quantitative estimate of drug-likeness (QED) is 0.322. The third kappa shape index (κ3) is 3.27. The maximum Gasteiger partial charge on any atom is 0.343 e. The predicted molar refractivity (Wildman–Crippen MR) is 133 cm³/mol. The number of carbonyl (C=O) groups is 2. The van der Waals surface area contributed by atoms with Crippen LogP contribution in [0.3, 0.4) is 0 Å². The number of benzene rings is 1. The van der Waals surface area contributed by atoms with E-state index in [0.29, 0.717) is 45.2 Å². The number of hydrogen-bond acceptors (Lipinski definition) is 7. The maximum absolute atomic E-state index is 14.9. The number of carbonyl (C=O) groups excluding carboxylic acids is 2. The number of ether oxygens (including phenoxy) is 1. The van der Waals surface area contributed by atoms with Gasteiger partial charge in [0.2, 0.25) is 5.91 Å². The van der Waals surface area contributed by atoms with Crippen molar-refractivity contribution in [2.24, 2.45) is 0 Å². The second kappa shape index (κ2) is 8.17. The predicted octanol–water partition coefficient (Wildman–Crippen LogP) is 2.47. The van der Waals surface area contributed by atoms with Crippen LogP contribution in [0, 0.1) is 5.82 Å². The molecule has 1 amide bonds. The summed E-state index contributed by atoms with van der Waals surface area (Å²) in [5, 5.41) is 24.5. The molecule has 0 spiro atoms. The van der Waals surface area contributed by atoms with Gasteiger partial charge in [-0.1, -0.05) is 6.92 Å². The largest absolute Gasteiger partial charge is 0.458 e. The first-order chi connectivity index (χ1) is 17.6. The SMILES string of the molecule is CC[C@@]1(O)C(=O)OCc2c1cc1n(c2=O)Cc2c-1nc1cc(F)c(Br)c3c1c2C(NC(=O)[C@H](C)O)CC3. The highest BCUT2D eigenvalue weighted by molar-refractivity contribution is 9.10. The van der Waals surface area contributed by atoms with Crippen LogP contribution in [-0.4, -0.2) is 37.7 Å². The number of aliphatic hydroxyl groups is 2. The Labute approximate surface area is 218 Å². The Morgan fingerprint density at radius 3 is 2.81 bits per heavy atom. The monoisotopic (exact) mass is 571 g/mol. The molecule has 192 valence electrons. The second-order valence-corrected chi connectivity index (χ2v) is 10.6. The zero-order valence-corrected chi connectivity index (χ0v) is 21.6. The van der Waals surface area contributed by atoms with E-state index in [0.717, 1.165) is 11.1 Å². The van der Waals surface area contributed by atoms with Crippen LogP contribution in [-0.2, 0) is 39.5 Å². The topological polar surface area (TPSA) is 131 Å². The molecule has 3 aliphatic rings. The zero-order valence-electron chi connectivity index (χ0n) is 20.0. The molecule has 3 aromatic rings. The van der Waals surface area contributed by atoms with Crippen molar-refractivity contribution in [3.8, 4) is 11.4 Å². The van der Waals surface area contributed by atoms with Crippen LogP contribution < -0.4 is 10.9 Å². The smallest absolute Gasteiger partial charge is 0.343 e. The van der Waals surface area contributed by atoms with Crippen LogP contribution >= 0.6 is 15.9 Å². The minimum Gasteiger partial charge on any atom is -0.458 e. The van der Waals surface area contributed by atoms with E-state index in [1.54, 1.807) is 13.0 Å². The normalized spacial score (nSPS) is 22.2. The van der Waals surface area contributed by atoms with Crippen molar-refractivity contribution in [2.45, 2.75) is 64.0 Å². The molecule has 3 atom stereocenters. The fraction of sp³-hybridized carbons (Fsp3) is 0.385. The Kier molecular flexibility index (Phi) is 5.35. The van der Waals surface area contributed by atoms with E-state index in [1.165, 1.54) is 17.6 Å². The molecule has 0 bridgehead atoms. The molecule has 3 N–H and O–H groups in total. The molecule has 2 aliphatic heterocycles. The lowest BCUT2D eigenvalue weighted by molar-refractivity contribution is -0.172. The number of nitrogens with zero attached hydrogens (tertiary/aromatic N) is 2. The van der Waals surface area contributed by atoms with Crippen molar-refractivity contribution in [2.75, 3.05) is 0 Å². The van der Waals surface area contributed by atoms with E-state index in [2.05, 4.69) is 21.2 Å². The number of aliphatic hydroxyl groups excluding tert-OH is 1. The first-order valence-electron chi connectivity index (χ1n) is 12.1. The van der Waals surface area contributed by atoms with Gasteiger partial charge in [-0.3, -0.25) is 9.59 Å². The number of nitrogens with one attached hydrogen (secondary N) is 1. The molecule has 0 saturated heterocycles. The first kappa shape index (κ1) is 24.2. The highest BCUT2D eigenvalue weighted by Crippen LogP contribution is 2.46. The van der Waals surface area contributed by atoms with E-state index in [9.17, 15) is 29.0 Å². The van der Waals surface area contributed by atoms with Gasteiger partial charge in [0.25, 0.3) is 5.56 Å². The van der Waals surface area contributed by atoms with Gasteiger partial charge in [-0.05, 0) is 59.3 Å². The number of rotatable bonds is 3. The van der Waals surface area contributed by atoms with Crippen molar-refractivity contribution in [3.63, 3.8) is 0 Å². The van der Waals surface area contributed by atoms with Crippen molar-refractivity contribution >= 4 is 38.7 Å². The fourth-order valence-corrected chi connectivity index (χ4v) is 6.30. The van der Waals surface area contributed by atoms with Gasteiger partial charge in [-0.2, -0.15) is 0 Å². The number of pyridine rings is 2. The van der Waals surface area contributed by atoms with Gasteiger partial charge >= 0.3 is 5.97 Å². The Balaban J connectivity index is 1.65. The lowest BCUT2D eigenvalue weighted by Crippen LogP contribution is -2.44. The minimum atomic E-state index is -1.96. The van der Waals surface area contributed by atoms with Crippen molar-refractivity contribution in [1.29, 1.82) is 0 Å². The summed E-state index contributed by atoms with van der Waals surface area (Å²) in [4.78, 5) is 43.3. The number of esters is 1. The van der Waals surface area contributed by atoms with Crippen LogP contribution in [0.25, 0.3) is 22.3 Å². The lowest BCUT2D eigenvalue weighted by atomic mass is 9.83. The van der Waals surface area contributed by atoms with Gasteiger partial charge in [-0.15, -0.1) is 0 Å². The number of cyclic esters (lactones) is 1. The van der Waals surface area contributed by atoms with E-state index in [1.807, 2.05) is 0 Å². The second-order valence-electron chi connectivity index (χ2n) is 9.78. The molecule has 6 rings (SSSR count). The molecule has 2 aromatic heterocycles. The summed E-state index contributed by atoms with van der Waals surface area (Å²) in [7, 11) is 0. The highest BCUT2D eigenvalue weighted by Gasteiger charge is 2.46. The number of aromatic nitrogens is 2. The van der Waals surface area contributed by atoms with E-state index in [4.69, 9.17) is 9.72 Å². The summed E-state index contributed by atoms with van der Waals surface area (Å²) < 4.78 is 21.8. The molecule has 37 heavy (non-hydrogen) atoms. The summed E-state index contributed by atoms with van der Waals surface area (Å²) in [6, 6.07) is 2.41. The van der Waals surface area contributed by atoms with E-state index < -0.39 is 41.0 Å². The molecular weight excluding hydrogens is 549 g/mol. The van der Waals surface area contributed by atoms with Gasteiger partial charge in [-0.25, -0.2) is 14.2 Å². The van der Waals surface area contributed by atoms with Gasteiger partial charge in [0.05, 0.1) is 39.5 Å². The molecule has 1 unspecified atom stereocenters. The number of amides is 1. The van der Waals surface area contributed by atoms with Crippen LogP contribution in [0.5, 0.6) is 0 Å². The van der Waals surface area contributed by atoms with Gasteiger partial charge in [0.1, 0.15) is 18.5 Å². The van der Waals surface area contributed by atoms with Crippen molar-refractivity contribution in [1.82, 2.24) is 14.9 Å². The van der Waals surface area contributed by atoms with Gasteiger partial charge in [0, 0.05) is 22.6 Å². The Hall–Kier alpha value is -3.15. The number of hydrogen-bond donors (Lipinski definition) is 3. The molecule has 0 fully saturated rings. The molecule has 11 heteroatoms. The number of fused-ring (bicyclic) bond motifs is 5. The lowest BCUT2D eigenvalue weighted by Gasteiger charge is -2.31. The average Bonchev–Trinajstić information content (AvgIpc) is 3.24. The Morgan fingerprint density at radius 1 is 1.35 bits per heavy atom. The minimum absolute atomic E-state index is 0.0149. The van der Waals surface area contributed by atoms with Crippen LogP contribution in [0.4, 0.5) is 4.39 Å². The number of halogens is 2. The van der Waals surface area contributed by atoms with Crippen LogP contribution in [0.2, 0.25) is 0 Å². The summed E-state index contributed by atoms with van der Waals surface area (Å²) >= 11 is 3.36. The van der Waals surface area contributed by atoms with Crippen LogP contribution in [0.1, 0.15) is 60.5 Å². The summed E-state index contributed by atoms with van der Waals surface area (Å²) in [5.41, 5.74) is 1.33. The summed E-state index contributed by atoms with van der Waals surface area (Å²) in [6.45, 7) is 2.90. The Morgan fingerprint density at radius 2 is 2.11 bits per heavy atom. The zero-order chi connectivity index (χ0) is 26.4. The standard InChI is InChI=1S/C26H23BrFN3O6/c1-3-26(36)14-6-18-22-12(8-31(18)24(34)13(14)9-37-25(26)35)20-16(30-23(33)10(2)32)5-4-11-19(20)17(29-22)7-15(28)21(11)27/h6-7,10,16,32,36H,3-5,8-9H2,1-2H3,(H,30,33)/t10-,16?,26-/m0/s1. The molecule has 1 aliphatic carbocycles. The van der Waals surface area contributed by atoms with Crippen LogP contribution in [0.15, 0.2) is 21.4 Å². The third-order valence-electron chi connectivity index (χ3n) is 7.74. The van der Waals surface area contributed by atoms with Crippen molar-refractivity contribution < 1.29 is 28.9 Å². The third-order valence-corrected chi connectivity index (χ3v) is 8.60. The van der Waals surface area contributed by atoms with E-state index >= 15 is 0 Å². The fourth-order valence-electron chi connectivity index (χ4n) is 5.79. The Bertz CT molecular complexity index is 1620.